The molecule has 1 aliphatic rings. The van der Waals surface area contributed by atoms with Crippen LogP contribution in [0.4, 0.5) is 0 Å². The van der Waals surface area contributed by atoms with Crippen LogP contribution in [0.2, 0.25) is 0 Å². The highest BCUT2D eigenvalue weighted by Crippen LogP contribution is 2.26. The van der Waals surface area contributed by atoms with E-state index in [1.807, 2.05) is 0 Å². The summed E-state index contributed by atoms with van der Waals surface area (Å²) >= 11 is 0. The van der Waals surface area contributed by atoms with E-state index in [1.165, 1.54) is 18.4 Å². The van der Waals surface area contributed by atoms with E-state index in [0.29, 0.717) is 18.5 Å². The van der Waals surface area contributed by atoms with E-state index in [4.69, 9.17) is 10.5 Å². The smallest absolute Gasteiger partial charge is 0.0502 e. The Balaban J connectivity index is 2.03. The Labute approximate surface area is 110 Å². The largest absolute Gasteiger partial charge is 0.384 e. The van der Waals surface area contributed by atoms with Crippen LogP contribution < -0.4 is 5.73 Å². The molecule has 2 unspecified atom stereocenters. The van der Waals surface area contributed by atoms with Gasteiger partial charge in [-0.25, -0.2) is 0 Å². The summed E-state index contributed by atoms with van der Waals surface area (Å²) in [6.45, 7) is 3.80. The topological polar surface area (TPSA) is 38.5 Å². The lowest BCUT2D eigenvalue weighted by atomic mass is 9.95. The van der Waals surface area contributed by atoms with Crippen LogP contribution in [-0.4, -0.2) is 38.3 Å². The second-order valence-electron chi connectivity index (χ2n) is 5.12. The van der Waals surface area contributed by atoms with Crippen LogP contribution >= 0.6 is 0 Å². The summed E-state index contributed by atoms with van der Waals surface area (Å²) in [5.74, 6) is 0.654. The molecule has 0 aliphatic carbocycles. The van der Waals surface area contributed by atoms with Gasteiger partial charge in [-0.05, 0) is 30.9 Å². The summed E-state index contributed by atoms with van der Waals surface area (Å²) in [6, 6.07) is 10.9. The zero-order valence-corrected chi connectivity index (χ0v) is 11.2. The average molecular weight is 248 g/mol. The molecule has 0 amide bonds. The van der Waals surface area contributed by atoms with Gasteiger partial charge in [0, 0.05) is 26.2 Å². The molecule has 2 rings (SSSR count). The van der Waals surface area contributed by atoms with E-state index >= 15 is 0 Å². The quantitative estimate of drug-likeness (QED) is 0.866. The molecular formula is C15H24N2O. The number of hydrogen-bond donors (Lipinski definition) is 1. The van der Waals surface area contributed by atoms with Crippen LogP contribution in [0.3, 0.4) is 0 Å². The second-order valence-corrected chi connectivity index (χ2v) is 5.12. The fourth-order valence-corrected chi connectivity index (χ4v) is 2.92. The van der Waals surface area contributed by atoms with Crippen molar-refractivity contribution in [1.82, 2.24) is 4.90 Å². The summed E-state index contributed by atoms with van der Waals surface area (Å²) < 4.78 is 5.29. The van der Waals surface area contributed by atoms with E-state index < -0.39 is 0 Å². The van der Waals surface area contributed by atoms with Crippen molar-refractivity contribution in [3.05, 3.63) is 35.9 Å². The second kappa shape index (κ2) is 6.88. The molecule has 3 nitrogen and oxygen atoms in total. The highest BCUT2D eigenvalue weighted by atomic mass is 16.5. The molecule has 1 fully saturated rings. The van der Waals surface area contributed by atoms with Gasteiger partial charge in [0.2, 0.25) is 0 Å². The van der Waals surface area contributed by atoms with Gasteiger partial charge in [0.05, 0.1) is 6.61 Å². The molecule has 0 saturated carbocycles. The van der Waals surface area contributed by atoms with Gasteiger partial charge in [-0.2, -0.15) is 0 Å². The molecule has 2 N–H and O–H groups in total. The van der Waals surface area contributed by atoms with E-state index in [1.54, 1.807) is 7.11 Å². The van der Waals surface area contributed by atoms with Crippen LogP contribution in [0.1, 0.15) is 24.4 Å². The van der Waals surface area contributed by atoms with Gasteiger partial charge in [0.15, 0.2) is 0 Å². The number of nitrogens with zero attached hydrogens (tertiary/aromatic N) is 1. The molecule has 18 heavy (non-hydrogen) atoms. The Morgan fingerprint density at radius 3 is 2.83 bits per heavy atom. The van der Waals surface area contributed by atoms with E-state index in [9.17, 15) is 0 Å². The molecule has 100 valence electrons. The number of piperidine rings is 1. The molecule has 1 aromatic rings. The predicted octanol–water partition coefficient (Wildman–Crippen LogP) is 2.04. The lowest BCUT2D eigenvalue weighted by Gasteiger charge is -2.38. The number of methoxy groups -OCH3 is 1. The molecule has 0 aromatic heterocycles. The molecule has 1 heterocycles. The van der Waals surface area contributed by atoms with Gasteiger partial charge in [-0.1, -0.05) is 30.3 Å². The van der Waals surface area contributed by atoms with Gasteiger partial charge in [-0.15, -0.1) is 0 Å². The van der Waals surface area contributed by atoms with Crippen molar-refractivity contribution in [1.29, 1.82) is 0 Å². The molecule has 0 radical (unpaired) electrons. The van der Waals surface area contributed by atoms with Crippen LogP contribution in [0.5, 0.6) is 0 Å². The molecule has 1 aromatic carbocycles. The van der Waals surface area contributed by atoms with Gasteiger partial charge in [-0.3, -0.25) is 4.90 Å². The maximum atomic E-state index is 5.98. The average Bonchev–Trinajstić information content (AvgIpc) is 2.42. The maximum Gasteiger partial charge on any atom is 0.0502 e. The number of ether oxygens (including phenoxy) is 1. The van der Waals surface area contributed by atoms with Crippen molar-refractivity contribution >= 4 is 0 Å². The molecule has 1 aliphatic heterocycles. The van der Waals surface area contributed by atoms with Crippen LogP contribution in [0, 0.1) is 5.92 Å². The summed E-state index contributed by atoms with van der Waals surface area (Å²) in [5, 5.41) is 0. The van der Waals surface area contributed by atoms with Crippen LogP contribution in [-0.2, 0) is 4.74 Å². The third-order valence-electron chi connectivity index (χ3n) is 3.80. The third kappa shape index (κ3) is 3.31. The molecule has 0 bridgehead atoms. The first kappa shape index (κ1) is 13.5. The molecular weight excluding hydrogens is 224 g/mol. The van der Waals surface area contributed by atoms with E-state index in [-0.39, 0.29) is 0 Å². The zero-order chi connectivity index (χ0) is 12.8. The first-order valence-corrected chi connectivity index (χ1v) is 6.83. The summed E-state index contributed by atoms with van der Waals surface area (Å²) in [5.41, 5.74) is 7.31. The number of benzene rings is 1. The van der Waals surface area contributed by atoms with Gasteiger partial charge < -0.3 is 10.5 Å². The van der Waals surface area contributed by atoms with E-state index in [2.05, 4.69) is 35.2 Å². The molecule has 1 saturated heterocycles. The zero-order valence-electron chi connectivity index (χ0n) is 11.2. The normalized spacial score (nSPS) is 22.9. The fraction of sp³-hybridized carbons (Fsp3) is 0.600. The molecule has 3 heteroatoms. The number of hydrogen-bond acceptors (Lipinski definition) is 3. The maximum absolute atomic E-state index is 5.98. The van der Waals surface area contributed by atoms with Crippen LogP contribution in [0.25, 0.3) is 0 Å². The van der Waals surface area contributed by atoms with Crippen molar-refractivity contribution in [3.63, 3.8) is 0 Å². The van der Waals surface area contributed by atoms with Crippen molar-refractivity contribution in [2.75, 3.05) is 33.4 Å². The van der Waals surface area contributed by atoms with Crippen LogP contribution in [0.15, 0.2) is 30.3 Å². The lowest BCUT2D eigenvalue weighted by Crippen LogP contribution is -2.42. The number of likely N-dealkylation sites (tertiary alicyclic amines) is 1. The summed E-state index contributed by atoms with van der Waals surface area (Å²) in [7, 11) is 1.79. The number of rotatable bonds is 5. The Bertz CT molecular complexity index is 340. The summed E-state index contributed by atoms with van der Waals surface area (Å²) in [6.07, 6.45) is 2.52. The highest BCUT2D eigenvalue weighted by molar-refractivity contribution is 5.19. The molecule has 2 atom stereocenters. The predicted molar refractivity (Wildman–Crippen MR) is 74.4 cm³/mol. The van der Waals surface area contributed by atoms with Gasteiger partial charge in [0.25, 0.3) is 0 Å². The van der Waals surface area contributed by atoms with Gasteiger partial charge >= 0.3 is 0 Å². The van der Waals surface area contributed by atoms with Crippen molar-refractivity contribution < 1.29 is 4.74 Å². The van der Waals surface area contributed by atoms with E-state index in [0.717, 1.165) is 19.7 Å². The first-order valence-electron chi connectivity index (χ1n) is 6.83. The minimum atomic E-state index is 0.353. The van der Waals surface area contributed by atoms with Crippen molar-refractivity contribution in [3.8, 4) is 0 Å². The first-order chi connectivity index (χ1) is 8.85. The minimum absolute atomic E-state index is 0.353. The standard InChI is InChI=1S/C15H24N2O/c1-18-12-13-6-5-9-17(11-13)15(10-16)14-7-3-2-4-8-14/h2-4,7-8,13,15H,5-6,9-12,16H2,1H3. The van der Waals surface area contributed by atoms with Crippen molar-refractivity contribution in [2.45, 2.75) is 18.9 Å². The Hall–Kier alpha value is -0.900. The lowest BCUT2D eigenvalue weighted by molar-refractivity contribution is 0.0697. The van der Waals surface area contributed by atoms with Gasteiger partial charge in [0.1, 0.15) is 0 Å². The monoisotopic (exact) mass is 248 g/mol. The third-order valence-corrected chi connectivity index (χ3v) is 3.80. The van der Waals surface area contributed by atoms with Crippen molar-refractivity contribution in [2.24, 2.45) is 11.7 Å². The Morgan fingerprint density at radius 1 is 1.39 bits per heavy atom. The SMILES string of the molecule is COCC1CCCN(C(CN)c2ccccc2)C1. The Morgan fingerprint density at radius 2 is 2.17 bits per heavy atom. The Kier molecular flexibility index (Phi) is 5.17. The molecule has 0 spiro atoms. The minimum Gasteiger partial charge on any atom is -0.384 e. The fourth-order valence-electron chi connectivity index (χ4n) is 2.92. The number of nitrogens with two attached hydrogens (primary N) is 1. The summed E-state index contributed by atoms with van der Waals surface area (Å²) in [4.78, 5) is 2.52. The highest BCUT2D eigenvalue weighted by Gasteiger charge is 2.25.